The van der Waals surface area contributed by atoms with Crippen LogP contribution in [-0.4, -0.2) is 31.5 Å². The van der Waals surface area contributed by atoms with Gasteiger partial charge in [0.1, 0.15) is 17.2 Å². The zero-order valence-electron chi connectivity index (χ0n) is 14.5. The quantitative estimate of drug-likeness (QED) is 0.600. The van der Waals surface area contributed by atoms with Crippen molar-refractivity contribution in [1.82, 2.24) is 24.9 Å². The van der Waals surface area contributed by atoms with E-state index in [1.165, 1.54) is 5.56 Å². The molecular formula is C20H18N6. The van der Waals surface area contributed by atoms with Crippen molar-refractivity contribution in [2.75, 3.05) is 11.4 Å². The second-order valence-electron chi connectivity index (χ2n) is 6.53. The zero-order chi connectivity index (χ0) is 17.5. The maximum atomic E-state index is 4.90. The summed E-state index contributed by atoms with van der Waals surface area (Å²) >= 11 is 0. The molecular weight excluding hydrogens is 324 g/mol. The Morgan fingerprint density at radius 1 is 1.08 bits per heavy atom. The van der Waals surface area contributed by atoms with E-state index in [1.54, 1.807) is 0 Å². The van der Waals surface area contributed by atoms with Gasteiger partial charge in [0.2, 0.25) is 0 Å². The molecule has 128 valence electrons. The summed E-state index contributed by atoms with van der Waals surface area (Å²) in [4.78, 5) is 23.9. The average molecular weight is 342 g/mol. The molecule has 1 aliphatic heterocycles. The van der Waals surface area contributed by atoms with Crippen LogP contribution in [0.2, 0.25) is 0 Å². The molecule has 0 atom stereocenters. The molecule has 4 aromatic rings. The molecule has 5 heterocycles. The molecule has 1 aliphatic rings. The van der Waals surface area contributed by atoms with E-state index in [0.717, 1.165) is 53.3 Å². The lowest BCUT2D eigenvalue weighted by atomic mass is 10.1. The molecule has 0 radical (unpaired) electrons. The minimum atomic E-state index is 0.665. The van der Waals surface area contributed by atoms with E-state index in [1.807, 2.05) is 43.7 Å². The number of pyridine rings is 2. The molecule has 0 bridgehead atoms. The van der Waals surface area contributed by atoms with Crippen molar-refractivity contribution in [3.63, 3.8) is 0 Å². The molecule has 0 spiro atoms. The summed E-state index contributed by atoms with van der Waals surface area (Å²) < 4.78 is 0. The molecule has 0 amide bonds. The van der Waals surface area contributed by atoms with Gasteiger partial charge in [-0.05, 0) is 44.0 Å². The highest BCUT2D eigenvalue weighted by atomic mass is 15.2. The molecule has 6 nitrogen and oxygen atoms in total. The summed E-state index contributed by atoms with van der Waals surface area (Å²) in [5.41, 5.74) is 4.96. The van der Waals surface area contributed by atoms with Gasteiger partial charge in [-0.15, -0.1) is 0 Å². The molecule has 4 aromatic heterocycles. The number of aromatic nitrogens is 5. The second kappa shape index (κ2) is 5.91. The first-order valence-corrected chi connectivity index (χ1v) is 8.79. The van der Waals surface area contributed by atoms with Crippen LogP contribution in [-0.2, 0) is 6.42 Å². The number of H-pyrrole nitrogens is 1. The van der Waals surface area contributed by atoms with Crippen LogP contribution in [0.15, 0.2) is 48.9 Å². The van der Waals surface area contributed by atoms with Crippen LogP contribution < -0.4 is 4.90 Å². The predicted octanol–water partition coefficient (Wildman–Crippen LogP) is 3.81. The highest BCUT2D eigenvalue weighted by Gasteiger charge is 2.23. The maximum absolute atomic E-state index is 4.90. The topological polar surface area (TPSA) is 70.6 Å². The Balaban J connectivity index is 1.66. The SMILES string of the molecule is Cc1cccc(-c2ncc3c(n2)N(c2ccnc4[nH]ccc24)CCC3)n1. The third kappa shape index (κ3) is 2.42. The van der Waals surface area contributed by atoms with E-state index in [2.05, 4.69) is 37.0 Å². The molecule has 6 heteroatoms. The Labute approximate surface area is 151 Å². The van der Waals surface area contributed by atoms with E-state index in [-0.39, 0.29) is 0 Å². The van der Waals surface area contributed by atoms with Crippen molar-refractivity contribution in [1.29, 1.82) is 0 Å². The van der Waals surface area contributed by atoms with E-state index >= 15 is 0 Å². The van der Waals surface area contributed by atoms with Gasteiger partial charge in [0.25, 0.3) is 0 Å². The van der Waals surface area contributed by atoms with Crippen molar-refractivity contribution in [2.24, 2.45) is 0 Å². The van der Waals surface area contributed by atoms with E-state index in [4.69, 9.17) is 4.98 Å². The summed E-state index contributed by atoms with van der Waals surface area (Å²) in [6, 6.07) is 10.0. The predicted molar refractivity (Wildman–Crippen MR) is 101 cm³/mol. The van der Waals surface area contributed by atoms with Gasteiger partial charge in [0, 0.05) is 41.8 Å². The van der Waals surface area contributed by atoms with Crippen LogP contribution in [0.3, 0.4) is 0 Å². The third-order valence-electron chi connectivity index (χ3n) is 4.77. The fourth-order valence-electron chi connectivity index (χ4n) is 3.55. The maximum Gasteiger partial charge on any atom is 0.180 e. The van der Waals surface area contributed by atoms with Gasteiger partial charge in [-0.1, -0.05) is 6.07 Å². The average Bonchev–Trinajstić information content (AvgIpc) is 3.16. The number of nitrogens with zero attached hydrogens (tertiary/aromatic N) is 5. The van der Waals surface area contributed by atoms with Crippen LogP contribution in [0.1, 0.15) is 17.7 Å². The Morgan fingerprint density at radius 2 is 2.04 bits per heavy atom. The van der Waals surface area contributed by atoms with Crippen molar-refractivity contribution in [3.05, 3.63) is 60.2 Å². The molecule has 0 saturated heterocycles. The van der Waals surface area contributed by atoms with E-state index in [9.17, 15) is 0 Å². The van der Waals surface area contributed by atoms with Crippen molar-refractivity contribution < 1.29 is 0 Å². The van der Waals surface area contributed by atoms with Crippen molar-refractivity contribution in [2.45, 2.75) is 19.8 Å². The number of aromatic amines is 1. The van der Waals surface area contributed by atoms with Crippen LogP contribution in [0, 0.1) is 6.92 Å². The molecule has 26 heavy (non-hydrogen) atoms. The normalized spacial score (nSPS) is 13.8. The lowest BCUT2D eigenvalue weighted by molar-refractivity contribution is 0.748. The van der Waals surface area contributed by atoms with Crippen molar-refractivity contribution in [3.8, 4) is 11.5 Å². The van der Waals surface area contributed by atoms with Crippen molar-refractivity contribution >= 4 is 22.5 Å². The van der Waals surface area contributed by atoms with Crippen LogP contribution in [0.25, 0.3) is 22.6 Å². The van der Waals surface area contributed by atoms with Gasteiger partial charge in [-0.25, -0.2) is 19.9 Å². The van der Waals surface area contributed by atoms with E-state index < -0.39 is 0 Å². The summed E-state index contributed by atoms with van der Waals surface area (Å²) in [6.45, 7) is 2.91. The van der Waals surface area contributed by atoms with Gasteiger partial charge in [-0.3, -0.25) is 0 Å². The Morgan fingerprint density at radius 3 is 2.96 bits per heavy atom. The molecule has 0 unspecified atom stereocenters. The molecule has 1 N–H and O–H groups in total. The summed E-state index contributed by atoms with van der Waals surface area (Å²) in [7, 11) is 0. The van der Waals surface area contributed by atoms with Gasteiger partial charge >= 0.3 is 0 Å². The Bertz CT molecular complexity index is 1100. The Kier molecular flexibility index (Phi) is 3.41. The Hall–Kier alpha value is -3.28. The smallest absolute Gasteiger partial charge is 0.180 e. The number of aryl methyl sites for hydroxylation is 2. The number of hydrogen-bond acceptors (Lipinski definition) is 5. The first-order valence-electron chi connectivity index (χ1n) is 8.79. The summed E-state index contributed by atoms with van der Waals surface area (Å²) in [5, 5.41) is 1.11. The largest absolute Gasteiger partial charge is 0.346 e. The lowest BCUT2D eigenvalue weighted by Gasteiger charge is -2.30. The highest BCUT2D eigenvalue weighted by Crippen LogP contribution is 2.35. The fraction of sp³-hybridized carbons (Fsp3) is 0.200. The lowest BCUT2D eigenvalue weighted by Crippen LogP contribution is -2.26. The van der Waals surface area contributed by atoms with E-state index in [0.29, 0.717) is 5.82 Å². The standard InChI is InChI=1S/C20H18N6/c1-13-4-2-6-16(24-13)19-23-12-14-5-3-11-26(20(14)25-19)17-8-10-22-18-15(17)7-9-21-18/h2,4,6-10,12H,3,5,11H2,1H3,(H,21,22). The number of nitrogens with one attached hydrogen (secondary N) is 1. The van der Waals surface area contributed by atoms with Crippen LogP contribution in [0.5, 0.6) is 0 Å². The van der Waals surface area contributed by atoms with Crippen LogP contribution in [0.4, 0.5) is 11.5 Å². The summed E-state index contributed by atoms with van der Waals surface area (Å²) in [6.07, 6.45) is 7.78. The monoisotopic (exact) mass is 342 g/mol. The zero-order valence-corrected chi connectivity index (χ0v) is 14.5. The number of hydrogen-bond donors (Lipinski definition) is 1. The molecule has 0 aromatic carbocycles. The molecule has 5 rings (SSSR count). The van der Waals surface area contributed by atoms with Gasteiger partial charge in [0.15, 0.2) is 5.82 Å². The molecule has 0 aliphatic carbocycles. The number of fused-ring (bicyclic) bond motifs is 2. The minimum absolute atomic E-state index is 0.665. The fourth-order valence-corrected chi connectivity index (χ4v) is 3.55. The van der Waals surface area contributed by atoms with Gasteiger partial charge < -0.3 is 9.88 Å². The second-order valence-corrected chi connectivity index (χ2v) is 6.53. The van der Waals surface area contributed by atoms with Gasteiger partial charge in [-0.2, -0.15) is 0 Å². The number of rotatable bonds is 2. The van der Waals surface area contributed by atoms with Gasteiger partial charge in [0.05, 0.1) is 5.69 Å². The molecule has 0 fully saturated rings. The first-order chi connectivity index (χ1) is 12.8. The highest BCUT2D eigenvalue weighted by molar-refractivity contribution is 5.92. The summed E-state index contributed by atoms with van der Waals surface area (Å²) in [5.74, 6) is 1.64. The minimum Gasteiger partial charge on any atom is -0.346 e. The number of anilines is 2. The third-order valence-corrected chi connectivity index (χ3v) is 4.77. The molecule has 0 saturated carbocycles. The first kappa shape index (κ1) is 15.0. The van der Waals surface area contributed by atoms with Crippen LogP contribution >= 0.6 is 0 Å².